The number of nitrogens with zero attached hydrogens (tertiary/aromatic N) is 4. The van der Waals surface area contributed by atoms with Crippen molar-refractivity contribution in [3.05, 3.63) is 30.0 Å². The summed E-state index contributed by atoms with van der Waals surface area (Å²) in [6.45, 7) is 8.94. The summed E-state index contributed by atoms with van der Waals surface area (Å²) in [5.41, 5.74) is 0.417. The lowest BCUT2D eigenvalue weighted by atomic mass is 10.1. The average molecular weight is 355 g/mol. The van der Waals surface area contributed by atoms with Crippen molar-refractivity contribution in [2.75, 3.05) is 44.7 Å². The Bertz CT molecular complexity index is 761. The van der Waals surface area contributed by atoms with E-state index in [9.17, 15) is 4.79 Å². The van der Waals surface area contributed by atoms with Crippen molar-refractivity contribution >= 4 is 22.5 Å². The highest BCUT2D eigenvalue weighted by Crippen LogP contribution is 2.26. The number of fused-ring (bicyclic) bond motifs is 1. The van der Waals surface area contributed by atoms with E-state index in [0.29, 0.717) is 18.2 Å². The lowest BCUT2D eigenvalue weighted by Crippen LogP contribution is -2.31. The molecule has 3 rings (SSSR count). The number of rotatable bonds is 5. The van der Waals surface area contributed by atoms with Crippen molar-refractivity contribution in [1.82, 2.24) is 20.4 Å². The Hall–Kier alpha value is -2.21. The van der Waals surface area contributed by atoms with E-state index in [1.807, 2.05) is 24.3 Å². The number of aromatic nitrogens is 2. The van der Waals surface area contributed by atoms with E-state index >= 15 is 0 Å². The molecule has 1 aromatic carbocycles. The lowest BCUT2D eigenvalue weighted by Gasteiger charge is -2.23. The Kier molecular flexibility index (Phi) is 6.04. The molecule has 2 heterocycles. The second-order valence-corrected chi connectivity index (χ2v) is 7.50. The molecule has 0 spiro atoms. The zero-order valence-corrected chi connectivity index (χ0v) is 16.0. The maximum absolute atomic E-state index is 12.6. The predicted octanol–water partition coefficient (Wildman–Crippen LogP) is 2.55. The van der Waals surface area contributed by atoms with Crippen molar-refractivity contribution in [3.8, 4) is 0 Å². The molecule has 1 aliphatic heterocycles. The Morgan fingerprint density at radius 1 is 1.12 bits per heavy atom. The van der Waals surface area contributed by atoms with E-state index < -0.39 is 0 Å². The molecule has 0 unspecified atom stereocenters. The SMILES string of the molecule is CC(C)CCNC(=O)c1nnc(N2CCCN(C)CC2)c2ccccc12. The molecular formula is C20H29N5O. The van der Waals surface area contributed by atoms with Gasteiger partial charge in [-0.3, -0.25) is 4.79 Å². The Labute approximate surface area is 155 Å². The molecule has 2 aromatic rings. The molecule has 26 heavy (non-hydrogen) atoms. The van der Waals surface area contributed by atoms with Crippen LogP contribution in [-0.4, -0.2) is 60.8 Å². The van der Waals surface area contributed by atoms with Crippen molar-refractivity contribution < 1.29 is 4.79 Å². The Balaban J connectivity index is 1.88. The molecule has 0 radical (unpaired) electrons. The van der Waals surface area contributed by atoms with Gasteiger partial charge in [0.25, 0.3) is 5.91 Å². The third-order valence-electron chi connectivity index (χ3n) is 4.91. The van der Waals surface area contributed by atoms with Crippen molar-refractivity contribution in [2.24, 2.45) is 5.92 Å². The third-order valence-corrected chi connectivity index (χ3v) is 4.91. The summed E-state index contributed by atoms with van der Waals surface area (Å²) in [4.78, 5) is 17.2. The smallest absolute Gasteiger partial charge is 0.272 e. The van der Waals surface area contributed by atoms with Crippen LogP contribution in [0.4, 0.5) is 5.82 Å². The maximum Gasteiger partial charge on any atom is 0.272 e. The number of amides is 1. The van der Waals surface area contributed by atoms with Gasteiger partial charge in [-0.15, -0.1) is 10.2 Å². The topological polar surface area (TPSA) is 61.4 Å². The van der Waals surface area contributed by atoms with Crippen LogP contribution in [-0.2, 0) is 0 Å². The highest BCUT2D eigenvalue weighted by atomic mass is 16.1. The Morgan fingerprint density at radius 3 is 2.65 bits per heavy atom. The molecule has 6 nitrogen and oxygen atoms in total. The van der Waals surface area contributed by atoms with Gasteiger partial charge in [0.2, 0.25) is 0 Å². The molecule has 1 amide bonds. The van der Waals surface area contributed by atoms with Crippen LogP contribution in [0.2, 0.25) is 0 Å². The van der Waals surface area contributed by atoms with Crippen LogP contribution < -0.4 is 10.2 Å². The van der Waals surface area contributed by atoms with Gasteiger partial charge in [-0.2, -0.15) is 0 Å². The van der Waals surface area contributed by atoms with E-state index in [4.69, 9.17) is 0 Å². The summed E-state index contributed by atoms with van der Waals surface area (Å²) in [6, 6.07) is 7.96. The highest BCUT2D eigenvalue weighted by molar-refractivity contribution is 6.07. The first kappa shape index (κ1) is 18.6. The molecule has 0 bridgehead atoms. The molecular weight excluding hydrogens is 326 g/mol. The van der Waals surface area contributed by atoms with Crippen molar-refractivity contribution in [3.63, 3.8) is 0 Å². The maximum atomic E-state index is 12.6. The van der Waals surface area contributed by atoms with E-state index in [-0.39, 0.29) is 5.91 Å². The fourth-order valence-electron chi connectivity index (χ4n) is 3.31. The van der Waals surface area contributed by atoms with Crippen LogP contribution in [0.1, 0.15) is 37.2 Å². The number of carbonyl (C=O) groups excluding carboxylic acids is 1. The molecule has 140 valence electrons. The molecule has 1 fully saturated rings. The minimum atomic E-state index is -0.142. The van der Waals surface area contributed by atoms with Gasteiger partial charge in [0, 0.05) is 37.0 Å². The van der Waals surface area contributed by atoms with E-state index in [0.717, 1.165) is 55.6 Å². The summed E-state index contributed by atoms with van der Waals surface area (Å²) >= 11 is 0. The van der Waals surface area contributed by atoms with Crippen LogP contribution in [0.3, 0.4) is 0 Å². The zero-order chi connectivity index (χ0) is 18.5. The summed E-state index contributed by atoms with van der Waals surface area (Å²) in [5.74, 6) is 1.30. The second-order valence-electron chi connectivity index (χ2n) is 7.50. The summed E-state index contributed by atoms with van der Waals surface area (Å²) in [5, 5.41) is 13.6. The average Bonchev–Trinajstić information content (AvgIpc) is 2.85. The summed E-state index contributed by atoms with van der Waals surface area (Å²) in [6.07, 6.45) is 2.06. The first-order valence-corrected chi connectivity index (χ1v) is 9.53. The van der Waals surface area contributed by atoms with Crippen LogP contribution >= 0.6 is 0 Å². The molecule has 0 aliphatic carbocycles. The highest BCUT2D eigenvalue weighted by Gasteiger charge is 2.20. The van der Waals surface area contributed by atoms with Gasteiger partial charge >= 0.3 is 0 Å². The molecule has 0 atom stereocenters. The number of hydrogen-bond acceptors (Lipinski definition) is 5. The van der Waals surface area contributed by atoms with Crippen LogP contribution in [0.15, 0.2) is 24.3 Å². The van der Waals surface area contributed by atoms with Crippen LogP contribution in [0.25, 0.3) is 10.8 Å². The number of benzene rings is 1. The van der Waals surface area contributed by atoms with Crippen molar-refractivity contribution in [1.29, 1.82) is 0 Å². The molecule has 1 N–H and O–H groups in total. The number of nitrogens with one attached hydrogen (secondary N) is 1. The number of carbonyl (C=O) groups is 1. The second kappa shape index (κ2) is 8.45. The van der Waals surface area contributed by atoms with Crippen LogP contribution in [0.5, 0.6) is 0 Å². The van der Waals surface area contributed by atoms with E-state index in [2.05, 4.69) is 46.2 Å². The Morgan fingerprint density at radius 2 is 1.88 bits per heavy atom. The van der Waals surface area contributed by atoms with E-state index in [1.54, 1.807) is 0 Å². The van der Waals surface area contributed by atoms with E-state index in [1.165, 1.54) is 0 Å². The molecule has 1 saturated heterocycles. The fourth-order valence-corrected chi connectivity index (χ4v) is 3.31. The van der Waals surface area contributed by atoms with Gasteiger partial charge in [0.1, 0.15) is 0 Å². The molecule has 1 aliphatic rings. The van der Waals surface area contributed by atoms with Crippen LogP contribution in [0, 0.1) is 5.92 Å². The van der Waals surface area contributed by atoms with Gasteiger partial charge in [-0.25, -0.2) is 0 Å². The number of hydrogen-bond donors (Lipinski definition) is 1. The first-order chi connectivity index (χ1) is 12.6. The first-order valence-electron chi connectivity index (χ1n) is 9.53. The van der Waals surface area contributed by atoms with Gasteiger partial charge in [-0.1, -0.05) is 38.1 Å². The minimum absolute atomic E-state index is 0.142. The van der Waals surface area contributed by atoms with Gasteiger partial charge in [0.15, 0.2) is 11.5 Å². The number of likely N-dealkylation sites (N-methyl/N-ethyl adjacent to an activating group) is 1. The van der Waals surface area contributed by atoms with Gasteiger partial charge in [0.05, 0.1) is 0 Å². The lowest BCUT2D eigenvalue weighted by molar-refractivity contribution is 0.0948. The summed E-state index contributed by atoms with van der Waals surface area (Å²) < 4.78 is 0. The van der Waals surface area contributed by atoms with Gasteiger partial charge < -0.3 is 15.1 Å². The van der Waals surface area contributed by atoms with Crippen molar-refractivity contribution in [2.45, 2.75) is 26.7 Å². The quantitative estimate of drug-likeness (QED) is 0.893. The predicted molar refractivity (Wildman–Crippen MR) is 106 cm³/mol. The third kappa shape index (κ3) is 4.30. The normalized spacial score (nSPS) is 16.1. The summed E-state index contributed by atoms with van der Waals surface area (Å²) in [7, 11) is 2.15. The number of anilines is 1. The standard InChI is InChI=1S/C20H29N5O/c1-15(2)9-10-21-20(26)18-16-7-4-5-8-17(16)19(23-22-18)25-12-6-11-24(3)13-14-25/h4-5,7-8,15H,6,9-14H2,1-3H3,(H,21,26). The fraction of sp³-hybridized carbons (Fsp3) is 0.550. The molecule has 6 heteroatoms. The zero-order valence-electron chi connectivity index (χ0n) is 16.0. The minimum Gasteiger partial charge on any atom is -0.353 e. The molecule has 0 saturated carbocycles. The molecule has 1 aromatic heterocycles. The van der Waals surface area contributed by atoms with Gasteiger partial charge in [-0.05, 0) is 32.4 Å². The monoisotopic (exact) mass is 355 g/mol. The largest absolute Gasteiger partial charge is 0.353 e.